The molecule has 0 rings (SSSR count). The predicted octanol–water partition coefficient (Wildman–Crippen LogP) is 5.03. The van der Waals surface area contributed by atoms with Crippen LogP contribution in [0.5, 0.6) is 0 Å². The van der Waals surface area contributed by atoms with E-state index in [0.29, 0.717) is 0 Å². The van der Waals surface area contributed by atoms with Crippen LogP contribution in [0.2, 0.25) is 0 Å². The van der Waals surface area contributed by atoms with Gasteiger partial charge in [-0.3, -0.25) is 0 Å². The van der Waals surface area contributed by atoms with Crippen LogP contribution in [0.3, 0.4) is 0 Å². The fourth-order valence-electron chi connectivity index (χ4n) is 2.29. The third-order valence-electron chi connectivity index (χ3n) is 3.22. The fourth-order valence-corrected chi connectivity index (χ4v) is 2.29. The van der Waals surface area contributed by atoms with E-state index < -0.39 is 0 Å². The highest BCUT2D eigenvalue weighted by molar-refractivity contribution is 4.64. The summed E-state index contributed by atoms with van der Waals surface area (Å²) in [5.74, 6) is 2.00. The van der Waals surface area contributed by atoms with Gasteiger partial charge >= 0.3 is 0 Å². The van der Waals surface area contributed by atoms with Crippen molar-refractivity contribution in [1.29, 1.82) is 0 Å². The lowest BCUT2D eigenvalue weighted by molar-refractivity contribution is 0.318. The lowest BCUT2D eigenvalue weighted by Gasteiger charge is -2.20. The largest absolute Gasteiger partial charge is 0.0654 e. The van der Waals surface area contributed by atoms with Crippen molar-refractivity contribution in [3.8, 4) is 0 Å². The van der Waals surface area contributed by atoms with E-state index in [9.17, 15) is 0 Å². The third kappa shape index (κ3) is 6.12. The molecule has 0 aromatic rings. The van der Waals surface area contributed by atoms with Gasteiger partial charge in [-0.25, -0.2) is 0 Å². The third-order valence-corrected chi connectivity index (χ3v) is 3.22. The van der Waals surface area contributed by atoms with Crippen molar-refractivity contribution in [2.75, 3.05) is 0 Å². The van der Waals surface area contributed by atoms with Crippen LogP contribution in [0.25, 0.3) is 0 Å². The number of hydrogen-bond acceptors (Lipinski definition) is 0. The first-order chi connectivity index (χ1) is 6.28. The molecule has 0 radical (unpaired) electrons. The first-order valence-corrected chi connectivity index (χ1v) is 6.28. The van der Waals surface area contributed by atoms with Crippen LogP contribution in [0, 0.1) is 11.8 Å². The van der Waals surface area contributed by atoms with Crippen LogP contribution in [-0.4, -0.2) is 0 Å². The summed E-state index contributed by atoms with van der Waals surface area (Å²) < 4.78 is 0. The minimum Gasteiger partial charge on any atom is -0.0654 e. The van der Waals surface area contributed by atoms with Crippen molar-refractivity contribution in [1.82, 2.24) is 0 Å². The molecule has 0 heteroatoms. The van der Waals surface area contributed by atoms with Crippen LogP contribution < -0.4 is 0 Å². The smallest absolute Gasteiger partial charge is 0.0412 e. The Kier molecular flexibility index (Phi) is 8.59. The molecule has 0 fully saturated rings. The first kappa shape index (κ1) is 13.0. The molecule has 0 aliphatic carbocycles. The molecule has 0 nitrogen and oxygen atoms in total. The minimum atomic E-state index is 0.989. The Hall–Kier alpha value is 0. The SMILES string of the molecule is CCCC(CCC)CC(CC)CC. The second-order valence-electron chi connectivity index (χ2n) is 4.36. The van der Waals surface area contributed by atoms with E-state index in [1.165, 1.54) is 44.9 Å². The van der Waals surface area contributed by atoms with E-state index in [1.807, 2.05) is 0 Å². The van der Waals surface area contributed by atoms with Crippen LogP contribution in [-0.2, 0) is 0 Å². The van der Waals surface area contributed by atoms with Gasteiger partial charge in [-0.2, -0.15) is 0 Å². The summed E-state index contributed by atoms with van der Waals surface area (Å²) in [6.07, 6.45) is 9.86. The van der Waals surface area contributed by atoms with Crippen LogP contribution in [0.15, 0.2) is 0 Å². The van der Waals surface area contributed by atoms with Crippen molar-refractivity contribution in [3.63, 3.8) is 0 Å². The molecule has 0 aliphatic rings. The second kappa shape index (κ2) is 8.59. The maximum absolute atomic E-state index is 2.34. The van der Waals surface area contributed by atoms with E-state index >= 15 is 0 Å². The molecule has 0 bridgehead atoms. The monoisotopic (exact) mass is 184 g/mol. The van der Waals surface area contributed by atoms with Gasteiger partial charge in [0.25, 0.3) is 0 Å². The quantitative estimate of drug-likeness (QED) is 0.496. The van der Waals surface area contributed by atoms with Gasteiger partial charge in [0.2, 0.25) is 0 Å². The summed E-state index contributed by atoms with van der Waals surface area (Å²) in [5, 5.41) is 0. The van der Waals surface area contributed by atoms with Gasteiger partial charge in [0.15, 0.2) is 0 Å². The zero-order valence-corrected chi connectivity index (χ0v) is 10.1. The average molecular weight is 184 g/mol. The van der Waals surface area contributed by atoms with Crippen molar-refractivity contribution >= 4 is 0 Å². The van der Waals surface area contributed by atoms with Gasteiger partial charge in [-0.15, -0.1) is 0 Å². The molecule has 0 aromatic heterocycles. The fraction of sp³-hybridized carbons (Fsp3) is 1.00. The highest BCUT2D eigenvalue weighted by Gasteiger charge is 2.12. The summed E-state index contributed by atoms with van der Waals surface area (Å²) >= 11 is 0. The van der Waals surface area contributed by atoms with Crippen molar-refractivity contribution in [2.24, 2.45) is 11.8 Å². The highest BCUT2D eigenvalue weighted by atomic mass is 14.2. The zero-order chi connectivity index (χ0) is 10.1. The predicted molar refractivity (Wildman–Crippen MR) is 62.0 cm³/mol. The van der Waals surface area contributed by atoms with Crippen molar-refractivity contribution in [3.05, 3.63) is 0 Å². The van der Waals surface area contributed by atoms with Crippen LogP contribution in [0.1, 0.15) is 72.6 Å². The summed E-state index contributed by atoms with van der Waals surface area (Å²) in [4.78, 5) is 0. The van der Waals surface area contributed by atoms with Gasteiger partial charge in [0.05, 0.1) is 0 Å². The highest BCUT2D eigenvalue weighted by Crippen LogP contribution is 2.25. The van der Waals surface area contributed by atoms with Gasteiger partial charge in [-0.1, -0.05) is 66.2 Å². The lowest BCUT2D eigenvalue weighted by atomic mass is 9.85. The second-order valence-corrected chi connectivity index (χ2v) is 4.36. The molecule has 13 heavy (non-hydrogen) atoms. The molecular weight excluding hydrogens is 156 g/mol. The molecule has 0 aromatic carbocycles. The van der Waals surface area contributed by atoms with Crippen molar-refractivity contribution in [2.45, 2.75) is 72.6 Å². The molecule has 0 saturated carbocycles. The molecule has 0 aliphatic heterocycles. The lowest BCUT2D eigenvalue weighted by Crippen LogP contribution is -2.07. The Balaban J connectivity index is 3.76. The summed E-state index contributed by atoms with van der Waals surface area (Å²) in [5.41, 5.74) is 0. The molecule has 80 valence electrons. The standard InChI is InChI=1S/C13H28/c1-5-9-13(10-6-2)11-12(7-3)8-4/h12-13H,5-11H2,1-4H3. The Labute approximate surface area is 85.1 Å². The van der Waals surface area contributed by atoms with E-state index in [1.54, 1.807) is 0 Å². The van der Waals surface area contributed by atoms with E-state index in [-0.39, 0.29) is 0 Å². The van der Waals surface area contributed by atoms with Crippen LogP contribution in [0.4, 0.5) is 0 Å². The Morgan fingerprint density at radius 3 is 1.46 bits per heavy atom. The Morgan fingerprint density at radius 1 is 0.692 bits per heavy atom. The number of rotatable bonds is 8. The molecule has 0 atom stereocenters. The molecule has 0 unspecified atom stereocenters. The van der Waals surface area contributed by atoms with Crippen molar-refractivity contribution < 1.29 is 0 Å². The molecular formula is C13H28. The summed E-state index contributed by atoms with van der Waals surface area (Å²) in [7, 11) is 0. The van der Waals surface area contributed by atoms with E-state index in [4.69, 9.17) is 0 Å². The first-order valence-electron chi connectivity index (χ1n) is 6.28. The summed E-state index contributed by atoms with van der Waals surface area (Å²) in [6, 6.07) is 0. The van der Waals surface area contributed by atoms with Crippen LogP contribution >= 0.6 is 0 Å². The summed E-state index contributed by atoms with van der Waals surface area (Å²) in [6.45, 7) is 9.30. The molecule has 0 amide bonds. The Bertz CT molecular complexity index is 86.2. The molecule has 0 spiro atoms. The molecule has 0 heterocycles. The zero-order valence-electron chi connectivity index (χ0n) is 10.1. The normalized spacial score (nSPS) is 11.5. The molecule has 0 N–H and O–H groups in total. The van der Waals surface area contributed by atoms with Gasteiger partial charge in [-0.05, 0) is 18.3 Å². The maximum Gasteiger partial charge on any atom is -0.0412 e. The minimum absolute atomic E-state index is 0.989. The van der Waals surface area contributed by atoms with Gasteiger partial charge in [0, 0.05) is 0 Å². The molecule has 0 saturated heterocycles. The maximum atomic E-state index is 2.34. The van der Waals surface area contributed by atoms with Gasteiger partial charge < -0.3 is 0 Å². The topological polar surface area (TPSA) is 0 Å². The average Bonchev–Trinajstić information content (AvgIpc) is 2.14. The van der Waals surface area contributed by atoms with E-state index in [2.05, 4.69) is 27.7 Å². The Morgan fingerprint density at radius 2 is 1.15 bits per heavy atom. The van der Waals surface area contributed by atoms with Gasteiger partial charge in [0.1, 0.15) is 0 Å². The number of hydrogen-bond donors (Lipinski definition) is 0. The van der Waals surface area contributed by atoms with E-state index in [0.717, 1.165) is 11.8 Å².